The molecule has 0 bridgehead atoms. The van der Waals surface area contributed by atoms with Gasteiger partial charge in [0.1, 0.15) is 0 Å². The zero-order valence-electron chi connectivity index (χ0n) is 6.79. The number of hydrogen-bond donors (Lipinski definition) is 2. The smallest absolute Gasteiger partial charge is 0.314 e. The fourth-order valence-corrected chi connectivity index (χ4v) is 0.535. The number of rotatable bonds is 2. The van der Waals surface area contributed by atoms with E-state index in [0.717, 1.165) is 7.11 Å². The van der Waals surface area contributed by atoms with E-state index in [1.165, 1.54) is 0 Å². The fourth-order valence-electron chi connectivity index (χ4n) is 0.535. The maximum Gasteiger partial charge on any atom is 0.314 e. The minimum Gasteiger partial charge on any atom is -0.400 e. The summed E-state index contributed by atoms with van der Waals surface area (Å²) in [6.07, 6.45) is 0. The maximum absolute atomic E-state index is 10.3. The molecular formula is C6H16N2O2. The first-order valence-corrected chi connectivity index (χ1v) is 3.21. The van der Waals surface area contributed by atoms with Gasteiger partial charge in [-0.1, -0.05) is 0 Å². The lowest BCUT2D eigenvalue weighted by atomic mass is 10.5. The summed E-state index contributed by atoms with van der Waals surface area (Å²) in [5.41, 5.74) is 4.94. The van der Waals surface area contributed by atoms with Gasteiger partial charge in [0.25, 0.3) is 0 Å². The number of aliphatic hydroxyl groups excluding tert-OH is 1. The molecular weight excluding hydrogens is 132 g/mol. The topological polar surface area (TPSA) is 66.6 Å². The SMILES string of the molecule is CCN(CC)C(N)=O.CO. The summed E-state index contributed by atoms with van der Waals surface area (Å²) < 4.78 is 0. The van der Waals surface area contributed by atoms with Crippen LogP contribution in [0.15, 0.2) is 0 Å². The van der Waals surface area contributed by atoms with E-state index in [1.807, 2.05) is 13.8 Å². The predicted molar refractivity (Wildman–Crippen MR) is 40.6 cm³/mol. The van der Waals surface area contributed by atoms with Crippen molar-refractivity contribution in [2.24, 2.45) is 5.73 Å². The van der Waals surface area contributed by atoms with Crippen LogP contribution < -0.4 is 5.73 Å². The van der Waals surface area contributed by atoms with Crippen molar-refractivity contribution in [1.82, 2.24) is 4.90 Å². The molecule has 0 rings (SSSR count). The van der Waals surface area contributed by atoms with E-state index in [4.69, 9.17) is 10.8 Å². The average molecular weight is 148 g/mol. The summed E-state index contributed by atoms with van der Waals surface area (Å²) in [6, 6.07) is -0.338. The van der Waals surface area contributed by atoms with Gasteiger partial charge in [0, 0.05) is 20.2 Å². The molecule has 0 saturated carbocycles. The average Bonchev–Trinajstić information content (AvgIpc) is 1.94. The lowest BCUT2D eigenvalue weighted by Crippen LogP contribution is -2.35. The first-order valence-electron chi connectivity index (χ1n) is 3.21. The van der Waals surface area contributed by atoms with Gasteiger partial charge in [0.2, 0.25) is 0 Å². The molecule has 0 aliphatic carbocycles. The summed E-state index contributed by atoms with van der Waals surface area (Å²) in [4.78, 5) is 11.9. The summed E-state index contributed by atoms with van der Waals surface area (Å²) in [6.45, 7) is 5.19. The van der Waals surface area contributed by atoms with Gasteiger partial charge in [0.15, 0.2) is 0 Å². The highest BCUT2D eigenvalue weighted by molar-refractivity contribution is 5.71. The minimum atomic E-state index is -0.338. The van der Waals surface area contributed by atoms with E-state index in [1.54, 1.807) is 4.90 Å². The summed E-state index contributed by atoms with van der Waals surface area (Å²) in [5, 5.41) is 7.00. The fraction of sp³-hybridized carbons (Fsp3) is 0.833. The van der Waals surface area contributed by atoms with Crippen LogP contribution in [0.2, 0.25) is 0 Å². The Bertz CT molecular complexity index is 81.8. The number of aliphatic hydroxyl groups is 1. The van der Waals surface area contributed by atoms with E-state index in [9.17, 15) is 4.79 Å². The van der Waals surface area contributed by atoms with Gasteiger partial charge in [-0.2, -0.15) is 0 Å². The Balaban J connectivity index is 0. The molecule has 0 heterocycles. The second kappa shape index (κ2) is 8.23. The maximum atomic E-state index is 10.3. The van der Waals surface area contributed by atoms with Crippen molar-refractivity contribution in [2.45, 2.75) is 13.8 Å². The van der Waals surface area contributed by atoms with Gasteiger partial charge in [-0.05, 0) is 13.8 Å². The molecule has 10 heavy (non-hydrogen) atoms. The molecule has 0 aromatic rings. The van der Waals surface area contributed by atoms with E-state index in [-0.39, 0.29) is 6.03 Å². The van der Waals surface area contributed by atoms with Gasteiger partial charge in [-0.3, -0.25) is 0 Å². The zero-order valence-corrected chi connectivity index (χ0v) is 6.79. The first-order chi connectivity index (χ1) is 4.72. The first kappa shape index (κ1) is 12.0. The third-order valence-corrected chi connectivity index (χ3v) is 1.08. The van der Waals surface area contributed by atoms with Crippen molar-refractivity contribution in [1.29, 1.82) is 0 Å². The molecule has 4 heteroatoms. The lowest BCUT2D eigenvalue weighted by molar-refractivity contribution is 0.213. The number of nitrogens with two attached hydrogens (primary N) is 1. The minimum absolute atomic E-state index is 0.338. The molecule has 0 saturated heterocycles. The molecule has 0 spiro atoms. The quantitative estimate of drug-likeness (QED) is 0.579. The van der Waals surface area contributed by atoms with Crippen molar-refractivity contribution < 1.29 is 9.90 Å². The van der Waals surface area contributed by atoms with Gasteiger partial charge in [0.05, 0.1) is 0 Å². The Kier molecular flexibility index (Phi) is 9.84. The second-order valence-corrected chi connectivity index (χ2v) is 1.51. The highest BCUT2D eigenvalue weighted by Crippen LogP contribution is 1.82. The van der Waals surface area contributed by atoms with Crippen LogP contribution in [-0.4, -0.2) is 36.2 Å². The van der Waals surface area contributed by atoms with E-state index < -0.39 is 0 Å². The highest BCUT2D eigenvalue weighted by Gasteiger charge is 2.00. The normalized spacial score (nSPS) is 7.60. The number of carbonyl (C=O) groups excluding carboxylic acids is 1. The van der Waals surface area contributed by atoms with Crippen LogP contribution >= 0.6 is 0 Å². The molecule has 3 N–H and O–H groups in total. The standard InChI is InChI=1S/C5H12N2O.CH4O/c1-3-7(4-2)5(6)8;1-2/h3-4H2,1-2H3,(H2,6,8);2H,1H3. The summed E-state index contributed by atoms with van der Waals surface area (Å²) >= 11 is 0. The van der Waals surface area contributed by atoms with Gasteiger partial charge >= 0.3 is 6.03 Å². The largest absolute Gasteiger partial charge is 0.400 e. The molecule has 0 radical (unpaired) electrons. The number of carbonyl (C=O) groups is 1. The van der Waals surface area contributed by atoms with Crippen LogP contribution in [-0.2, 0) is 0 Å². The van der Waals surface area contributed by atoms with E-state index >= 15 is 0 Å². The lowest BCUT2D eigenvalue weighted by Gasteiger charge is -2.13. The molecule has 0 aromatic carbocycles. The molecule has 0 aliphatic rings. The predicted octanol–water partition coefficient (Wildman–Crippen LogP) is 0.0154. The number of urea groups is 1. The van der Waals surface area contributed by atoms with Gasteiger partial charge in [-0.15, -0.1) is 0 Å². The van der Waals surface area contributed by atoms with Crippen LogP contribution in [0.5, 0.6) is 0 Å². The Morgan fingerprint density at radius 1 is 1.40 bits per heavy atom. The highest BCUT2D eigenvalue weighted by atomic mass is 16.2. The van der Waals surface area contributed by atoms with Crippen molar-refractivity contribution in [2.75, 3.05) is 20.2 Å². The monoisotopic (exact) mass is 148 g/mol. The van der Waals surface area contributed by atoms with E-state index in [0.29, 0.717) is 13.1 Å². The number of primary amides is 1. The summed E-state index contributed by atoms with van der Waals surface area (Å²) in [7, 11) is 1.00. The van der Waals surface area contributed by atoms with Gasteiger partial charge in [-0.25, -0.2) is 4.79 Å². The third-order valence-electron chi connectivity index (χ3n) is 1.08. The zero-order chi connectivity index (χ0) is 8.57. The molecule has 0 aromatic heterocycles. The summed E-state index contributed by atoms with van der Waals surface area (Å²) in [5.74, 6) is 0. The van der Waals surface area contributed by atoms with Crippen LogP contribution in [0.1, 0.15) is 13.8 Å². The Hall–Kier alpha value is -0.770. The van der Waals surface area contributed by atoms with Crippen molar-refractivity contribution in [3.63, 3.8) is 0 Å². The number of hydrogen-bond acceptors (Lipinski definition) is 2. The molecule has 4 nitrogen and oxygen atoms in total. The Morgan fingerprint density at radius 3 is 1.70 bits per heavy atom. The molecule has 62 valence electrons. The van der Waals surface area contributed by atoms with Crippen LogP contribution in [0, 0.1) is 0 Å². The Labute approximate surface area is 61.6 Å². The van der Waals surface area contributed by atoms with Gasteiger partial charge < -0.3 is 15.7 Å². The van der Waals surface area contributed by atoms with Crippen LogP contribution in [0.4, 0.5) is 4.79 Å². The molecule has 0 fully saturated rings. The van der Waals surface area contributed by atoms with E-state index in [2.05, 4.69) is 0 Å². The van der Waals surface area contributed by atoms with Crippen LogP contribution in [0.25, 0.3) is 0 Å². The Morgan fingerprint density at radius 2 is 1.70 bits per heavy atom. The molecule has 0 unspecified atom stereocenters. The van der Waals surface area contributed by atoms with Crippen LogP contribution in [0.3, 0.4) is 0 Å². The number of amides is 2. The van der Waals surface area contributed by atoms with Crippen molar-refractivity contribution >= 4 is 6.03 Å². The molecule has 2 amide bonds. The third kappa shape index (κ3) is 5.37. The van der Waals surface area contributed by atoms with Crippen molar-refractivity contribution in [3.05, 3.63) is 0 Å². The number of nitrogens with zero attached hydrogens (tertiary/aromatic N) is 1. The van der Waals surface area contributed by atoms with Crippen molar-refractivity contribution in [3.8, 4) is 0 Å². The molecule has 0 aliphatic heterocycles. The second-order valence-electron chi connectivity index (χ2n) is 1.51. The molecule has 0 atom stereocenters.